The Hall–Kier alpha value is -3.65. The summed E-state index contributed by atoms with van der Waals surface area (Å²) in [5.74, 6) is 0.0631. The van der Waals surface area contributed by atoms with E-state index in [1.165, 1.54) is 5.56 Å². The Morgan fingerprint density at radius 1 is 1.00 bits per heavy atom. The second-order valence-corrected chi connectivity index (χ2v) is 15.2. The second kappa shape index (κ2) is 21.9. The first-order valence-corrected chi connectivity index (χ1v) is 20.9. The number of ether oxygens (including phenoxy) is 5. The van der Waals surface area contributed by atoms with Gasteiger partial charge in [-0.1, -0.05) is 36.2 Å². The minimum atomic E-state index is -1.46. The lowest BCUT2D eigenvalue weighted by Crippen LogP contribution is -2.70. The van der Waals surface area contributed by atoms with Gasteiger partial charge in [-0.05, 0) is 105 Å². The maximum atomic E-state index is 14.1. The number of benzene rings is 2. The van der Waals surface area contributed by atoms with Crippen molar-refractivity contribution >= 4 is 23.4 Å². The maximum Gasteiger partial charge on any atom is 0.410 e. The Balaban J connectivity index is 1.76. The highest BCUT2D eigenvalue weighted by Crippen LogP contribution is 2.62. The lowest BCUT2D eigenvalue weighted by molar-refractivity contribution is -0.256. The van der Waals surface area contributed by atoms with Crippen molar-refractivity contribution in [3.8, 4) is 17.2 Å². The topological polar surface area (TPSA) is 149 Å². The van der Waals surface area contributed by atoms with E-state index >= 15 is 0 Å². The quantitative estimate of drug-likeness (QED) is 0.0448. The predicted molar refractivity (Wildman–Crippen MR) is 219 cm³/mol. The van der Waals surface area contributed by atoms with Crippen LogP contribution in [0.3, 0.4) is 0 Å². The van der Waals surface area contributed by atoms with Crippen LogP contribution in [0.4, 0.5) is 4.79 Å². The van der Waals surface area contributed by atoms with Crippen molar-refractivity contribution in [1.82, 2.24) is 4.90 Å². The molecule has 5 rings (SSSR count). The van der Waals surface area contributed by atoms with E-state index in [1.54, 1.807) is 11.0 Å². The zero-order valence-corrected chi connectivity index (χ0v) is 34.5. The normalized spacial score (nSPS) is 24.2. The zero-order chi connectivity index (χ0) is 40.8. The van der Waals surface area contributed by atoms with Crippen LogP contribution >= 0.6 is 11.6 Å². The van der Waals surface area contributed by atoms with Crippen LogP contribution in [0, 0.1) is 31.6 Å². The number of aliphatic hydroxyl groups excluding tert-OH is 3. The molecule has 12 nitrogen and oxygen atoms in total. The third-order valence-corrected chi connectivity index (χ3v) is 11.4. The summed E-state index contributed by atoms with van der Waals surface area (Å²) >= 11 is 6.00. The van der Waals surface area contributed by atoms with Crippen molar-refractivity contribution < 1.29 is 48.6 Å². The van der Waals surface area contributed by atoms with Crippen molar-refractivity contribution in [2.24, 2.45) is 22.9 Å². The Kier molecular flexibility index (Phi) is 17.1. The maximum absolute atomic E-state index is 14.1. The van der Waals surface area contributed by atoms with Crippen molar-refractivity contribution in [2.45, 2.75) is 83.5 Å². The monoisotopic (exact) mass is 812 g/mol. The molecular formula is C44H61ClN2O10. The molecule has 57 heavy (non-hydrogen) atoms. The second-order valence-electron chi connectivity index (χ2n) is 14.9. The molecule has 0 aromatic heterocycles. The summed E-state index contributed by atoms with van der Waals surface area (Å²) in [5, 5.41) is 33.9. The highest BCUT2D eigenvalue weighted by Gasteiger charge is 2.65. The Morgan fingerprint density at radius 3 is 2.46 bits per heavy atom. The number of carbonyl (C=O) groups is 1. The molecule has 0 radical (unpaired) electrons. The molecule has 0 saturated heterocycles. The van der Waals surface area contributed by atoms with E-state index in [4.69, 9.17) is 45.3 Å². The molecule has 1 fully saturated rings. The van der Waals surface area contributed by atoms with Crippen LogP contribution in [-0.4, -0.2) is 109 Å². The molecule has 1 aliphatic heterocycles. The molecule has 314 valence electrons. The number of nitrogens with zero attached hydrogens (tertiary/aromatic N) is 2. The molecule has 0 bridgehead atoms. The summed E-state index contributed by atoms with van der Waals surface area (Å²) in [6, 6.07) is 11.1. The Labute approximate surface area is 342 Å². The van der Waals surface area contributed by atoms with Gasteiger partial charge in [-0.3, -0.25) is 4.90 Å². The number of unbranched alkanes of at least 4 members (excludes halogenated alkanes) is 2. The van der Waals surface area contributed by atoms with E-state index in [9.17, 15) is 20.1 Å². The highest BCUT2D eigenvalue weighted by atomic mass is 35.5. The first-order valence-electron chi connectivity index (χ1n) is 20.4. The molecule has 6 atom stereocenters. The summed E-state index contributed by atoms with van der Waals surface area (Å²) in [7, 11) is 0. The molecule has 1 amide bonds. The Bertz CT molecular complexity index is 1690. The van der Waals surface area contributed by atoms with Gasteiger partial charge in [0.15, 0.2) is 0 Å². The number of rotatable bonds is 23. The number of hydrogen-bond acceptors (Lipinski definition) is 11. The number of hydrogen-bond donors (Lipinski definition) is 3. The van der Waals surface area contributed by atoms with Gasteiger partial charge < -0.3 is 43.8 Å². The van der Waals surface area contributed by atoms with Gasteiger partial charge >= 0.3 is 6.09 Å². The first kappa shape index (κ1) is 44.5. The van der Waals surface area contributed by atoms with Gasteiger partial charge in [0.2, 0.25) is 5.79 Å². The third kappa shape index (κ3) is 10.5. The molecule has 1 heterocycles. The van der Waals surface area contributed by atoms with Gasteiger partial charge in [0.05, 0.1) is 43.9 Å². The van der Waals surface area contributed by atoms with Crippen LogP contribution in [0.25, 0.3) is 0 Å². The number of amides is 1. The number of carbonyl (C=O) groups excluding carboxylic acids is 1. The number of alkyl halides is 1. The van der Waals surface area contributed by atoms with Crippen LogP contribution in [0.1, 0.15) is 74.5 Å². The predicted octanol–water partition coefficient (Wildman–Crippen LogP) is 7.44. The van der Waals surface area contributed by atoms with Crippen molar-refractivity contribution in [3.05, 3.63) is 77.4 Å². The number of halogens is 1. The number of aryl methyl sites for hydroxylation is 2. The fourth-order valence-corrected chi connectivity index (χ4v) is 8.76. The van der Waals surface area contributed by atoms with E-state index in [0.29, 0.717) is 36.7 Å². The molecule has 6 unspecified atom stereocenters. The minimum absolute atomic E-state index is 0.00581. The van der Waals surface area contributed by atoms with E-state index in [2.05, 4.69) is 32.6 Å². The summed E-state index contributed by atoms with van der Waals surface area (Å²) in [5.41, 5.74) is 4.85. The lowest BCUT2D eigenvalue weighted by Gasteiger charge is -2.59. The summed E-state index contributed by atoms with van der Waals surface area (Å²) in [6.07, 6.45) is 8.15. The molecule has 13 heteroatoms. The van der Waals surface area contributed by atoms with E-state index in [-0.39, 0.29) is 82.8 Å². The molecule has 2 aromatic rings. The SMILES string of the molecule is C=CCOC12Oc3ccc(Oc4ccc(C)c(C)c4)cc3C3C(CCCCO)C(CCCCO)C=C(C(=NOCC)CC1N(CCOCCO)C(=O)OCCCl)C32. The largest absolute Gasteiger partial charge is 0.459 e. The average Bonchev–Trinajstić information content (AvgIpc) is 3.21. The number of aliphatic hydroxyl groups is 3. The lowest BCUT2D eigenvalue weighted by atomic mass is 9.55. The summed E-state index contributed by atoms with van der Waals surface area (Å²) in [4.78, 5) is 21.5. The Morgan fingerprint density at radius 2 is 1.75 bits per heavy atom. The van der Waals surface area contributed by atoms with E-state index < -0.39 is 23.8 Å². The molecule has 0 spiro atoms. The van der Waals surface area contributed by atoms with Crippen LogP contribution in [0.15, 0.2) is 65.9 Å². The first-order chi connectivity index (χ1) is 27.8. The van der Waals surface area contributed by atoms with Crippen LogP contribution in [-0.2, 0) is 19.0 Å². The van der Waals surface area contributed by atoms with E-state index in [0.717, 1.165) is 48.1 Å². The molecule has 2 aromatic carbocycles. The van der Waals surface area contributed by atoms with Crippen molar-refractivity contribution in [2.75, 3.05) is 65.3 Å². The minimum Gasteiger partial charge on any atom is -0.459 e. The standard InChI is InChI=1S/C44H61ClN2O10/c1-5-22-54-44-40(47(18-24-52-25-21-50)43(51)53-23-17-45)29-38(46-55-6-2)36-27-32(11-7-9-19-48)35(12-8-10-20-49)41(42(36)44)37-28-34(15-16-39(37)57-44)56-33-14-13-30(3)31(4)26-33/h5,13-16,26-28,32,35,40-42,48-50H,1,6-12,17-25,29H2,2-4H3. The van der Waals surface area contributed by atoms with Gasteiger partial charge in [-0.15, -0.1) is 18.2 Å². The van der Waals surface area contributed by atoms with Gasteiger partial charge in [-0.25, -0.2) is 4.79 Å². The van der Waals surface area contributed by atoms with Gasteiger partial charge in [0, 0.05) is 37.7 Å². The summed E-state index contributed by atoms with van der Waals surface area (Å²) in [6.45, 7) is 10.8. The van der Waals surface area contributed by atoms with Crippen LogP contribution in [0.5, 0.6) is 17.2 Å². The smallest absolute Gasteiger partial charge is 0.410 e. The van der Waals surface area contributed by atoms with Gasteiger partial charge in [0.1, 0.15) is 36.5 Å². The summed E-state index contributed by atoms with van der Waals surface area (Å²) < 4.78 is 32.1. The molecule has 3 N–H and O–H groups in total. The van der Waals surface area contributed by atoms with Gasteiger partial charge in [0.25, 0.3) is 0 Å². The van der Waals surface area contributed by atoms with Crippen LogP contribution < -0.4 is 9.47 Å². The zero-order valence-electron chi connectivity index (χ0n) is 33.7. The number of allylic oxidation sites excluding steroid dienone is 1. The fraction of sp³-hybridized carbons (Fsp3) is 0.591. The number of fused-ring (bicyclic) bond motifs is 2. The van der Waals surface area contributed by atoms with E-state index in [1.807, 2.05) is 37.3 Å². The molecular weight excluding hydrogens is 752 g/mol. The average molecular weight is 813 g/mol. The third-order valence-electron chi connectivity index (χ3n) is 11.3. The van der Waals surface area contributed by atoms with Crippen molar-refractivity contribution in [1.29, 1.82) is 0 Å². The molecule has 3 aliphatic rings. The van der Waals surface area contributed by atoms with Crippen molar-refractivity contribution in [3.63, 3.8) is 0 Å². The number of oxime groups is 1. The molecule has 2 aliphatic carbocycles. The highest BCUT2D eigenvalue weighted by molar-refractivity contribution is 6.18. The van der Waals surface area contributed by atoms with Crippen LogP contribution in [0.2, 0.25) is 0 Å². The fourth-order valence-electron chi connectivity index (χ4n) is 8.68. The molecule has 1 saturated carbocycles. The van der Waals surface area contributed by atoms with Gasteiger partial charge in [-0.2, -0.15) is 0 Å².